The van der Waals surface area contributed by atoms with Crippen LogP contribution in [0.3, 0.4) is 0 Å². The van der Waals surface area contributed by atoms with Crippen molar-refractivity contribution in [1.29, 1.82) is 0 Å². The Bertz CT molecular complexity index is 361. The van der Waals surface area contributed by atoms with E-state index < -0.39 is 31.0 Å². The molecule has 3 N–H and O–H groups in total. The number of rotatable bonds is 17. The molecule has 0 unspecified atom stereocenters. The van der Waals surface area contributed by atoms with Gasteiger partial charge in [-0.1, -0.05) is 64.0 Å². The quantitative estimate of drug-likeness (QED) is 0.262. The van der Waals surface area contributed by atoms with Gasteiger partial charge in [0.15, 0.2) is 0 Å². The van der Waals surface area contributed by atoms with Crippen molar-refractivity contribution in [3.05, 3.63) is 12.2 Å². The van der Waals surface area contributed by atoms with Crippen LogP contribution < -0.4 is 0 Å². The molecule has 27 heavy (non-hydrogen) atoms. The largest absolute Gasteiger partial charge is 0.394 e. The van der Waals surface area contributed by atoms with Crippen LogP contribution in [0.15, 0.2) is 12.2 Å². The van der Waals surface area contributed by atoms with Gasteiger partial charge < -0.3 is 24.8 Å². The van der Waals surface area contributed by atoms with E-state index in [0.29, 0.717) is 6.61 Å². The van der Waals surface area contributed by atoms with E-state index in [2.05, 4.69) is 19.1 Å². The van der Waals surface area contributed by atoms with Gasteiger partial charge in [-0.3, -0.25) is 0 Å². The van der Waals surface area contributed by atoms with E-state index >= 15 is 0 Å². The van der Waals surface area contributed by atoms with Gasteiger partial charge in [0, 0.05) is 6.61 Å². The lowest BCUT2D eigenvalue weighted by atomic mass is 10.1. The number of ether oxygens (including phenoxy) is 2. The molecule has 1 rings (SSSR count). The molecule has 1 fully saturated rings. The van der Waals surface area contributed by atoms with Crippen LogP contribution >= 0.6 is 0 Å². The van der Waals surface area contributed by atoms with Gasteiger partial charge >= 0.3 is 0 Å². The predicted molar refractivity (Wildman–Crippen MR) is 109 cm³/mol. The van der Waals surface area contributed by atoms with Gasteiger partial charge in [-0.25, -0.2) is 0 Å². The summed E-state index contributed by atoms with van der Waals surface area (Å²) in [6.45, 7) is 2.71. The Hall–Kier alpha value is -0.460. The number of aliphatic hydroxyl groups excluding tert-OH is 3. The van der Waals surface area contributed by atoms with Gasteiger partial charge in [-0.15, -0.1) is 0 Å². The van der Waals surface area contributed by atoms with Crippen LogP contribution in [-0.4, -0.2) is 59.6 Å². The van der Waals surface area contributed by atoms with E-state index in [9.17, 15) is 10.2 Å². The SMILES string of the molecule is CCCCCCC/C=C/CCCCCCCO[C@H]1CO[C@@H]([C@H](O)CO)[C@H]1O. The molecule has 5 heteroatoms. The molecule has 1 saturated heterocycles. The summed E-state index contributed by atoms with van der Waals surface area (Å²) in [5.41, 5.74) is 0. The second kappa shape index (κ2) is 16.5. The van der Waals surface area contributed by atoms with Gasteiger partial charge in [0.1, 0.15) is 24.4 Å². The molecular formula is C22H42O5. The minimum atomic E-state index is -1.05. The molecule has 160 valence electrons. The maximum absolute atomic E-state index is 10.0. The Morgan fingerprint density at radius 3 is 2.19 bits per heavy atom. The third-order valence-corrected chi connectivity index (χ3v) is 5.22. The summed E-state index contributed by atoms with van der Waals surface area (Å²) < 4.78 is 11.0. The van der Waals surface area contributed by atoms with Crippen molar-refractivity contribution in [2.75, 3.05) is 19.8 Å². The molecule has 0 radical (unpaired) electrons. The van der Waals surface area contributed by atoms with E-state index in [1.54, 1.807) is 0 Å². The first-order valence-electron chi connectivity index (χ1n) is 11.1. The molecule has 5 nitrogen and oxygen atoms in total. The van der Waals surface area contributed by atoms with Crippen molar-refractivity contribution >= 4 is 0 Å². The minimum Gasteiger partial charge on any atom is -0.394 e. The van der Waals surface area contributed by atoms with Crippen LogP contribution in [0.5, 0.6) is 0 Å². The highest BCUT2D eigenvalue weighted by atomic mass is 16.6. The molecule has 0 aromatic rings. The molecule has 1 aliphatic rings. The average molecular weight is 387 g/mol. The van der Waals surface area contributed by atoms with Crippen LogP contribution in [-0.2, 0) is 9.47 Å². The highest BCUT2D eigenvalue weighted by Crippen LogP contribution is 2.20. The smallest absolute Gasteiger partial charge is 0.114 e. The third kappa shape index (κ3) is 11.2. The summed E-state index contributed by atoms with van der Waals surface area (Å²) in [6, 6.07) is 0. The van der Waals surface area contributed by atoms with Crippen molar-refractivity contribution in [2.24, 2.45) is 0 Å². The summed E-state index contributed by atoms with van der Waals surface area (Å²) in [7, 11) is 0. The molecule has 1 aliphatic heterocycles. The molecule has 0 spiro atoms. The highest BCUT2D eigenvalue weighted by Gasteiger charge is 2.40. The normalized spacial score (nSPS) is 24.1. The number of aliphatic hydroxyl groups is 3. The third-order valence-electron chi connectivity index (χ3n) is 5.22. The molecule has 0 amide bonds. The first kappa shape index (κ1) is 24.6. The molecular weight excluding hydrogens is 344 g/mol. The van der Waals surface area contributed by atoms with Crippen molar-refractivity contribution in [3.63, 3.8) is 0 Å². The zero-order chi connectivity index (χ0) is 19.7. The van der Waals surface area contributed by atoms with E-state index in [-0.39, 0.29) is 6.61 Å². The lowest BCUT2D eigenvalue weighted by molar-refractivity contribution is -0.0730. The van der Waals surface area contributed by atoms with Crippen molar-refractivity contribution in [1.82, 2.24) is 0 Å². The second-order valence-corrected chi connectivity index (χ2v) is 7.68. The molecule has 0 saturated carbocycles. The number of unbranched alkanes of at least 4 members (excludes halogenated alkanes) is 10. The topological polar surface area (TPSA) is 79.2 Å². The standard InChI is InChI=1S/C22H42O5/c1-2-3-4-5-6-7-8-9-10-11-12-13-14-15-16-26-20-18-27-22(21(20)25)19(24)17-23/h8-9,19-25H,2-7,10-18H2,1H3/b9-8+/t19-,20+,21+,22+/m1/s1. The van der Waals surface area contributed by atoms with Crippen molar-refractivity contribution in [2.45, 2.75) is 108 Å². The molecule has 0 bridgehead atoms. The van der Waals surface area contributed by atoms with Crippen LogP contribution in [0.25, 0.3) is 0 Å². The average Bonchev–Trinajstić information content (AvgIpc) is 3.04. The fraction of sp³-hybridized carbons (Fsp3) is 0.909. The van der Waals surface area contributed by atoms with E-state index in [1.807, 2.05) is 0 Å². The summed E-state index contributed by atoms with van der Waals surface area (Å²) in [6.07, 6.45) is 16.6. The summed E-state index contributed by atoms with van der Waals surface area (Å²) >= 11 is 0. The first-order chi connectivity index (χ1) is 13.2. The molecule has 0 aromatic carbocycles. The van der Waals surface area contributed by atoms with E-state index in [0.717, 1.165) is 12.8 Å². The van der Waals surface area contributed by atoms with Crippen molar-refractivity contribution in [3.8, 4) is 0 Å². The Labute approximate surface area is 165 Å². The van der Waals surface area contributed by atoms with E-state index in [1.165, 1.54) is 64.2 Å². The summed E-state index contributed by atoms with van der Waals surface area (Å²) in [5, 5.41) is 28.5. The Balaban J connectivity index is 1.87. The Morgan fingerprint density at radius 2 is 1.56 bits per heavy atom. The lowest BCUT2D eigenvalue weighted by Crippen LogP contribution is -2.41. The second-order valence-electron chi connectivity index (χ2n) is 7.68. The zero-order valence-corrected chi connectivity index (χ0v) is 17.2. The number of allylic oxidation sites excluding steroid dienone is 2. The monoisotopic (exact) mass is 386 g/mol. The van der Waals surface area contributed by atoms with Crippen LogP contribution in [0, 0.1) is 0 Å². The summed E-state index contributed by atoms with van der Waals surface area (Å²) in [5.74, 6) is 0. The molecule has 0 aromatic heterocycles. The number of hydrogen-bond acceptors (Lipinski definition) is 5. The zero-order valence-electron chi connectivity index (χ0n) is 17.2. The van der Waals surface area contributed by atoms with E-state index in [4.69, 9.17) is 14.6 Å². The maximum Gasteiger partial charge on any atom is 0.114 e. The Morgan fingerprint density at radius 1 is 0.963 bits per heavy atom. The lowest BCUT2D eigenvalue weighted by Gasteiger charge is -2.20. The molecule has 4 atom stereocenters. The van der Waals surface area contributed by atoms with Gasteiger partial charge in [-0.2, -0.15) is 0 Å². The maximum atomic E-state index is 10.0. The van der Waals surface area contributed by atoms with Crippen LogP contribution in [0.4, 0.5) is 0 Å². The number of hydrogen-bond donors (Lipinski definition) is 3. The fourth-order valence-electron chi connectivity index (χ4n) is 3.43. The highest BCUT2D eigenvalue weighted by molar-refractivity contribution is 4.88. The van der Waals surface area contributed by atoms with Crippen LogP contribution in [0.2, 0.25) is 0 Å². The van der Waals surface area contributed by atoms with Crippen LogP contribution in [0.1, 0.15) is 84.0 Å². The molecule has 1 heterocycles. The predicted octanol–water partition coefficient (Wildman–Crippen LogP) is 3.74. The molecule has 0 aliphatic carbocycles. The first-order valence-corrected chi connectivity index (χ1v) is 11.1. The van der Waals surface area contributed by atoms with Crippen molar-refractivity contribution < 1.29 is 24.8 Å². The fourth-order valence-corrected chi connectivity index (χ4v) is 3.43. The summed E-state index contributed by atoms with van der Waals surface area (Å²) in [4.78, 5) is 0. The Kier molecular flexibility index (Phi) is 15.0. The van der Waals surface area contributed by atoms with Gasteiger partial charge in [0.05, 0.1) is 13.2 Å². The minimum absolute atomic E-state index is 0.272. The van der Waals surface area contributed by atoms with Gasteiger partial charge in [0.2, 0.25) is 0 Å². The van der Waals surface area contributed by atoms with Gasteiger partial charge in [-0.05, 0) is 32.1 Å². The van der Waals surface area contributed by atoms with Gasteiger partial charge in [0.25, 0.3) is 0 Å².